The molecular weight excluding hydrogens is 294 g/mol. The monoisotopic (exact) mass is 321 g/mol. The fourth-order valence-electron chi connectivity index (χ4n) is 2.95. The topological polar surface area (TPSA) is 75.4 Å². The minimum absolute atomic E-state index is 0.0690. The van der Waals surface area contributed by atoms with Crippen LogP contribution in [0.15, 0.2) is 16.9 Å². The lowest BCUT2D eigenvalue weighted by atomic mass is 9.84. The third kappa shape index (κ3) is 6.04. The Morgan fingerprint density at radius 3 is 2.65 bits per heavy atom. The van der Waals surface area contributed by atoms with Crippen LogP contribution in [-0.2, 0) is 9.59 Å². The first-order valence-corrected chi connectivity index (χ1v) is 8.24. The van der Waals surface area contributed by atoms with Gasteiger partial charge in [0.15, 0.2) is 5.82 Å². The Hall–Kier alpha value is -1.85. The van der Waals surface area contributed by atoms with Gasteiger partial charge in [0.1, 0.15) is 12.8 Å². The van der Waals surface area contributed by atoms with Crippen LogP contribution in [0.4, 0.5) is 5.82 Å². The first-order chi connectivity index (χ1) is 10.7. The number of rotatable bonds is 7. The van der Waals surface area contributed by atoms with Crippen LogP contribution >= 0.6 is 0 Å². The number of anilines is 1. The highest BCUT2D eigenvalue weighted by molar-refractivity contribution is 5.93. The molecule has 1 N–H and O–H groups in total. The Morgan fingerprint density at radius 1 is 1.43 bits per heavy atom. The van der Waals surface area contributed by atoms with Crippen molar-refractivity contribution < 1.29 is 14.1 Å². The van der Waals surface area contributed by atoms with Crippen molar-refractivity contribution in [2.75, 3.05) is 11.9 Å². The van der Waals surface area contributed by atoms with E-state index in [0.717, 1.165) is 19.3 Å². The fourth-order valence-corrected chi connectivity index (χ4v) is 2.95. The molecule has 2 amide bonds. The van der Waals surface area contributed by atoms with Crippen LogP contribution in [-0.4, -0.2) is 34.5 Å². The second-order valence-corrected chi connectivity index (χ2v) is 7.76. The zero-order valence-corrected chi connectivity index (χ0v) is 14.5. The average molecular weight is 321 g/mol. The predicted molar refractivity (Wildman–Crippen MR) is 87.7 cm³/mol. The molecule has 1 saturated carbocycles. The summed E-state index contributed by atoms with van der Waals surface area (Å²) in [6.45, 7) is 8.72. The van der Waals surface area contributed by atoms with Crippen LogP contribution < -0.4 is 5.32 Å². The van der Waals surface area contributed by atoms with Crippen molar-refractivity contribution in [3.63, 3.8) is 0 Å². The third-order valence-electron chi connectivity index (χ3n) is 3.81. The molecule has 23 heavy (non-hydrogen) atoms. The highest BCUT2D eigenvalue weighted by Crippen LogP contribution is 2.30. The first kappa shape index (κ1) is 17.5. The molecule has 1 atom stereocenters. The summed E-state index contributed by atoms with van der Waals surface area (Å²) in [6.07, 6.45) is 4.84. The summed E-state index contributed by atoms with van der Waals surface area (Å²) >= 11 is 0. The lowest BCUT2D eigenvalue weighted by molar-refractivity contribution is -0.136. The van der Waals surface area contributed by atoms with Crippen molar-refractivity contribution in [1.29, 1.82) is 0 Å². The van der Waals surface area contributed by atoms with Gasteiger partial charge in [0.25, 0.3) is 0 Å². The predicted octanol–water partition coefficient (Wildman–Crippen LogP) is 3.07. The number of nitrogens with zero attached hydrogens (tertiary/aromatic N) is 2. The summed E-state index contributed by atoms with van der Waals surface area (Å²) in [4.78, 5) is 26.4. The fraction of sp³-hybridized carbons (Fsp3) is 0.706. The van der Waals surface area contributed by atoms with Gasteiger partial charge >= 0.3 is 0 Å². The molecule has 0 unspecified atom stereocenters. The number of nitrogens with one attached hydrogen (secondary N) is 1. The highest BCUT2D eigenvalue weighted by Gasteiger charge is 2.34. The molecular formula is C17H27N3O3. The van der Waals surface area contributed by atoms with Gasteiger partial charge in [0.05, 0.1) is 0 Å². The van der Waals surface area contributed by atoms with E-state index in [4.69, 9.17) is 0 Å². The summed E-state index contributed by atoms with van der Waals surface area (Å²) in [6, 6.07) is 1.79. The van der Waals surface area contributed by atoms with Crippen LogP contribution in [0.2, 0.25) is 0 Å². The number of carbonyl (C=O) groups is 2. The zero-order valence-electron chi connectivity index (χ0n) is 14.5. The van der Waals surface area contributed by atoms with Gasteiger partial charge in [-0.15, -0.1) is 0 Å². The second-order valence-electron chi connectivity index (χ2n) is 7.76. The zero-order chi connectivity index (χ0) is 17.0. The van der Waals surface area contributed by atoms with Gasteiger partial charge < -0.3 is 14.7 Å². The van der Waals surface area contributed by atoms with Crippen LogP contribution in [0.1, 0.15) is 53.4 Å². The Morgan fingerprint density at radius 2 is 2.13 bits per heavy atom. The smallest absolute Gasteiger partial charge is 0.245 e. The van der Waals surface area contributed by atoms with Gasteiger partial charge in [-0.05, 0) is 30.6 Å². The molecule has 0 saturated heterocycles. The molecule has 1 aromatic heterocycles. The molecule has 0 spiro atoms. The number of hydrogen-bond acceptors (Lipinski definition) is 4. The Balaban J connectivity index is 1.87. The third-order valence-corrected chi connectivity index (χ3v) is 3.81. The van der Waals surface area contributed by atoms with Crippen molar-refractivity contribution in [3.8, 4) is 0 Å². The van der Waals surface area contributed by atoms with E-state index in [1.807, 2.05) is 0 Å². The number of carbonyl (C=O) groups excluding carboxylic acids is 2. The molecule has 1 heterocycles. The lowest BCUT2D eigenvalue weighted by Gasteiger charge is -2.26. The number of hydrogen-bond donors (Lipinski definition) is 1. The van der Waals surface area contributed by atoms with E-state index in [9.17, 15) is 9.59 Å². The number of amides is 2. The van der Waals surface area contributed by atoms with Gasteiger partial charge in [0.2, 0.25) is 11.8 Å². The summed E-state index contributed by atoms with van der Waals surface area (Å²) in [7, 11) is 0. The lowest BCUT2D eigenvalue weighted by Crippen LogP contribution is -2.40. The Labute approximate surface area is 137 Å². The quantitative estimate of drug-likeness (QED) is 0.837. The van der Waals surface area contributed by atoms with Gasteiger partial charge in [-0.1, -0.05) is 32.9 Å². The van der Waals surface area contributed by atoms with E-state index in [1.54, 1.807) is 11.0 Å². The summed E-state index contributed by atoms with van der Waals surface area (Å²) in [5.74, 6) is 0.517. The average Bonchev–Trinajstić information content (AvgIpc) is 3.11. The molecule has 0 aromatic carbocycles. The van der Waals surface area contributed by atoms with Gasteiger partial charge in [-0.2, -0.15) is 0 Å². The van der Waals surface area contributed by atoms with Crippen molar-refractivity contribution in [1.82, 2.24) is 10.1 Å². The molecule has 1 fully saturated rings. The molecule has 128 valence electrons. The molecule has 2 rings (SSSR count). The van der Waals surface area contributed by atoms with Crippen molar-refractivity contribution in [2.24, 2.45) is 11.3 Å². The normalized spacial score (nSPS) is 16.0. The minimum atomic E-state index is -0.234. The van der Waals surface area contributed by atoms with Crippen LogP contribution in [0.25, 0.3) is 0 Å². The second kappa shape index (κ2) is 7.15. The molecule has 1 aliphatic carbocycles. The summed E-state index contributed by atoms with van der Waals surface area (Å²) in [5.41, 5.74) is 0.203. The maximum atomic E-state index is 12.6. The molecule has 0 aliphatic heterocycles. The Kier molecular flexibility index (Phi) is 5.44. The van der Waals surface area contributed by atoms with Crippen LogP contribution in [0.3, 0.4) is 0 Å². The summed E-state index contributed by atoms with van der Waals surface area (Å²) in [5, 5.41) is 6.29. The van der Waals surface area contributed by atoms with Crippen LogP contribution in [0, 0.1) is 11.3 Å². The molecule has 6 nitrogen and oxygen atoms in total. The number of aromatic nitrogens is 1. The molecule has 6 heteroatoms. The van der Waals surface area contributed by atoms with Crippen molar-refractivity contribution in [3.05, 3.63) is 12.3 Å². The molecule has 0 bridgehead atoms. The SMILES string of the molecule is C[C@H](CC(=O)N(CC(=O)Nc1ccon1)C1CC1)CC(C)(C)C. The van der Waals surface area contributed by atoms with E-state index in [0.29, 0.717) is 18.2 Å². The van der Waals surface area contributed by atoms with Crippen LogP contribution in [0.5, 0.6) is 0 Å². The van der Waals surface area contributed by atoms with Crippen molar-refractivity contribution in [2.45, 2.75) is 59.4 Å². The molecule has 1 aliphatic rings. The maximum absolute atomic E-state index is 12.6. The standard InChI is InChI=1S/C17H27N3O3/c1-12(10-17(2,3)4)9-16(22)20(13-5-6-13)11-15(21)18-14-7-8-23-19-14/h7-8,12-13H,5-6,9-11H2,1-4H3,(H,18,19,21)/t12-/m1/s1. The van der Waals surface area contributed by atoms with Gasteiger partial charge in [0, 0.05) is 18.5 Å². The largest absolute Gasteiger partial charge is 0.363 e. The summed E-state index contributed by atoms with van der Waals surface area (Å²) < 4.78 is 4.68. The molecule has 0 radical (unpaired) electrons. The van der Waals surface area contributed by atoms with E-state index in [2.05, 4.69) is 42.7 Å². The maximum Gasteiger partial charge on any atom is 0.245 e. The van der Waals surface area contributed by atoms with Gasteiger partial charge in [-0.25, -0.2) is 0 Å². The highest BCUT2D eigenvalue weighted by atomic mass is 16.5. The Bertz CT molecular complexity index is 530. The van der Waals surface area contributed by atoms with E-state index < -0.39 is 0 Å². The van der Waals surface area contributed by atoms with E-state index in [1.165, 1.54) is 6.26 Å². The minimum Gasteiger partial charge on any atom is -0.363 e. The van der Waals surface area contributed by atoms with Crippen molar-refractivity contribution >= 4 is 17.6 Å². The van der Waals surface area contributed by atoms with E-state index >= 15 is 0 Å². The van der Waals surface area contributed by atoms with E-state index in [-0.39, 0.29) is 29.8 Å². The molecule has 1 aromatic rings. The first-order valence-electron chi connectivity index (χ1n) is 8.24. The van der Waals surface area contributed by atoms with Gasteiger partial charge in [-0.3, -0.25) is 9.59 Å².